The van der Waals surface area contributed by atoms with E-state index in [1.165, 1.54) is 12.1 Å². The molecule has 1 aliphatic rings. The number of nitrogens with zero attached hydrogens (tertiary/aromatic N) is 4. The first-order chi connectivity index (χ1) is 15.0. The van der Waals surface area contributed by atoms with E-state index in [1.54, 1.807) is 48.7 Å². The number of nitrogens with two attached hydrogens (primary N) is 1. The second-order valence-corrected chi connectivity index (χ2v) is 7.49. The molecule has 1 aromatic carbocycles. The van der Waals surface area contributed by atoms with Gasteiger partial charge in [0.25, 0.3) is 0 Å². The summed E-state index contributed by atoms with van der Waals surface area (Å²) in [4.78, 5) is 27.4. The first-order valence-electron chi connectivity index (χ1n) is 9.89. The normalized spacial score (nSPS) is 13.7. The van der Waals surface area contributed by atoms with Crippen LogP contribution in [-0.4, -0.2) is 46.1 Å². The number of nitrogen functional groups attached to an aromatic ring is 1. The smallest absolute Gasteiger partial charge is 0.323 e. The largest absolute Gasteiger partial charge is 0.396 e. The van der Waals surface area contributed by atoms with E-state index in [9.17, 15) is 9.18 Å². The van der Waals surface area contributed by atoms with Crippen molar-refractivity contribution >= 4 is 17.5 Å². The van der Waals surface area contributed by atoms with Crippen molar-refractivity contribution in [1.29, 1.82) is 0 Å². The third-order valence-corrected chi connectivity index (χ3v) is 5.08. The lowest BCUT2D eigenvalue weighted by atomic mass is 9.96. The van der Waals surface area contributed by atoms with E-state index in [0.717, 1.165) is 17.0 Å². The van der Waals surface area contributed by atoms with Crippen molar-refractivity contribution in [2.75, 3.05) is 31.2 Å². The number of benzene rings is 1. The first-order valence-corrected chi connectivity index (χ1v) is 9.89. The lowest BCUT2D eigenvalue weighted by molar-refractivity contribution is 0.129. The molecule has 0 atom stereocenters. The fourth-order valence-electron chi connectivity index (χ4n) is 3.38. The van der Waals surface area contributed by atoms with Crippen LogP contribution in [0.1, 0.15) is 11.4 Å². The Labute approximate surface area is 179 Å². The number of nitrogens with one attached hydrogen (secondary N) is 1. The summed E-state index contributed by atoms with van der Waals surface area (Å²) in [5.41, 5.74) is 8.60. The van der Waals surface area contributed by atoms with Gasteiger partial charge in [0.1, 0.15) is 11.6 Å². The fraction of sp³-hybridized carbons (Fsp3) is 0.273. The molecule has 4 rings (SSSR count). The van der Waals surface area contributed by atoms with E-state index in [4.69, 9.17) is 10.5 Å². The number of amides is 2. The highest BCUT2D eigenvalue weighted by atomic mass is 19.1. The topological polar surface area (TPSA) is 106 Å². The van der Waals surface area contributed by atoms with E-state index in [-0.39, 0.29) is 17.7 Å². The Balaban J connectivity index is 1.33. The minimum absolute atomic E-state index is 0.261. The Morgan fingerprint density at radius 1 is 1.19 bits per heavy atom. The van der Waals surface area contributed by atoms with Crippen molar-refractivity contribution < 1.29 is 13.9 Å². The summed E-state index contributed by atoms with van der Waals surface area (Å²) in [6.07, 6.45) is 4.23. The highest BCUT2D eigenvalue weighted by Crippen LogP contribution is 2.25. The van der Waals surface area contributed by atoms with Gasteiger partial charge in [0.2, 0.25) is 0 Å². The zero-order valence-corrected chi connectivity index (χ0v) is 17.1. The molecular formula is C22H23FN6O2. The van der Waals surface area contributed by atoms with Crippen molar-refractivity contribution in [3.05, 3.63) is 66.0 Å². The zero-order chi connectivity index (χ0) is 21.8. The molecule has 0 radical (unpaired) electrons. The SMILES string of the molecule is COCc1cnc(CC2CN(C(=O)Nc3nc(-c4ccc(F)cc4)ccc3N)C2)nc1. The summed E-state index contributed by atoms with van der Waals surface area (Å²) in [5.74, 6) is 1.02. The number of urea groups is 1. The van der Waals surface area contributed by atoms with Gasteiger partial charge >= 0.3 is 6.03 Å². The van der Waals surface area contributed by atoms with Crippen LogP contribution in [0.3, 0.4) is 0 Å². The van der Waals surface area contributed by atoms with Gasteiger partial charge in [-0.1, -0.05) is 0 Å². The molecule has 160 valence electrons. The van der Waals surface area contributed by atoms with Crippen LogP contribution in [0.5, 0.6) is 0 Å². The Hall–Kier alpha value is -3.59. The van der Waals surface area contributed by atoms with Crippen molar-refractivity contribution in [1.82, 2.24) is 19.9 Å². The number of hydrogen-bond donors (Lipinski definition) is 2. The van der Waals surface area contributed by atoms with E-state index in [1.807, 2.05) is 0 Å². The van der Waals surface area contributed by atoms with Gasteiger partial charge < -0.3 is 15.4 Å². The molecule has 0 aliphatic carbocycles. The minimum atomic E-state index is -0.323. The van der Waals surface area contributed by atoms with Crippen molar-refractivity contribution in [2.24, 2.45) is 5.92 Å². The lowest BCUT2D eigenvalue weighted by Gasteiger charge is -2.38. The number of pyridine rings is 1. The van der Waals surface area contributed by atoms with Gasteiger partial charge in [-0.3, -0.25) is 5.32 Å². The highest BCUT2D eigenvalue weighted by molar-refractivity contribution is 5.92. The van der Waals surface area contributed by atoms with Crippen molar-refractivity contribution in [3.63, 3.8) is 0 Å². The third-order valence-electron chi connectivity index (χ3n) is 5.08. The molecule has 2 amide bonds. The fourth-order valence-corrected chi connectivity index (χ4v) is 3.38. The maximum atomic E-state index is 13.2. The molecule has 3 N–H and O–H groups in total. The number of halogens is 1. The molecule has 1 fully saturated rings. The maximum absolute atomic E-state index is 13.2. The number of aromatic nitrogens is 3. The molecule has 31 heavy (non-hydrogen) atoms. The molecule has 3 aromatic rings. The first kappa shape index (κ1) is 20.7. The van der Waals surface area contributed by atoms with Crippen LogP contribution < -0.4 is 11.1 Å². The third kappa shape index (κ3) is 4.95. The number of likely N-dealkylation sites (tertiary alicyclic amines) is 1. The number of methoxy groups -OCH3 is 1. The average Bonchev–Trinajstić information content (AvgIpc) is 2.74. The van der Waals surface area contributed by atoms with Crippen LogP contribution in [0.4, 0.5) is 20.7 Å². The number of rotatable bonds is 6. The predicted octanol–water partition coefficient (Wildman–Crippen LogP) is 3.11. The summed E-state index contributed by atoms with van der Waals surface area (Å²) in [7, 11) is 1.63. The number of carbonyl (C=O) groups excluding carboxylic acids is 1. The van der Waals surface area contributed by atoms with Crippen LogP contribution in [-0.2, 0) is 17.8 Å². The van der Waals surface area contributed by atoms with Crippen LogP contribution in [0, 0.1) is 11.7 Å². The molecule has 9 heteroatoms. The average molecular weight is 422 g/mol. The van der Waals surface area contributed by atoms with E-state index in [2.05, 4.69) is 20.3 Å². The highest BCUT2D eigenvalue weighted by Gasteiger charge is 2.31. The molecule has 1 aliphatic heterocycles. The number of anilines is 2. The van der Waals surface area contributed by atoms with Gasteiger partial charge in [-0.2, -0.15) is 0 Å². The van der Waals surface area contributed by atoms with E-state index >= 15 is 0 Å². The van der Waals surface area contributed by atoms with Crippen LogP contribution in [0.2, 0.25) is 0 Å². The summed E-state index contributed by atoms with van der Waals surface area (Å²) in [6, 6.07) is 9.12. The monoisotopic (exact) mass is 422 g/mol. The second-order valence-electron chi connectivity index (χ2n) is 7.49. The summed E-state index contributed by atoms with van der Waals surface area (Å²) in [6.45, 7) is 1.69. The molecule has 3 heterocycles. The molecule has 2 aromatic heterocycles. The Kier molecular flexibility index (Phi) is 6.03. The molecule has 0 spiro atoms. The number of ether oxygens (including phenoxy) is 1. The Morgan fingerprint density at radius 3 is 2.58 bits per heavy atom. The van der Waals surface area contributed by atoms with Crippen LogP contribution >= 0.6 is 0 Å². The molecular weight excluding hydrogens is 399 g/mol. The number of carbonyl (C=O) groups is 1. The summed E-state index contributed by atoms with van der Waals surface area (Å²) >= 11 is 0. The minimum Gasteiger partial charge on any atom is -0.396 e. The summed E-state index contributed by atoms with van der Waals surface area (Å²) < 4.78 is 18.2. The standard InChI is InChI=1S/C22H23FN6O2/c1-31-13-15-9-25-20(26-10-15)8-14-11-29(12-14)22(30)28-21-18(24)6-7-19(27-21)16-2-4-17(23)5-3-16/h2-7,9-10,14H,8,11-13,24H2,1H3,(H,27,28,30). The molecule has 0 bridgehead atoms. The van der Waals surface area contributed by atoms with Crippen molar-refractivity contribution in [2.45, 2.75) is 13.0 Å². The van der Waals surface area contributed by atoms with E-state index < -0.39 is 0 Å². The molecule has 1 saturated heterocycles. The van der Waals surface area contributed by atoms with Crippen molar-refractivity contribution in [3.8, 4) is 11.3 Å². The van der Waals surface area contributed by atoms with Gasteiger partial charge in [-0.25, -0.2) is 24.1 Å². The molecule has 0 unspecified atom stereocenters. The van der Waals surface area contributed by atoms with Gasteiger partial charge in [0.15, 0.2) is 5.82 Å². The molecule has 0 saturated carbocycles. The Morgan fingerprint density at radius 2 is 1.90 bits per heavy atom. The lowest BCUT2D eigenvalue weighted by Crippen LogP contribution is -2.52. The van der Waals surface area contributed by atoms with Gasteiger partial charge in [0.05, 0.1) is 18.0 Å². The number of hydrogen-bond acceptors (Lipinski definition) is 6. The van der Waals surface area contributed by atoms with Gasteiger partial charge in [-0.05, 0) is 36.4 Å². The van der Waals surface area contributed by atoms with Crippen LogP contribution in [0.15, 0.2) is 48.8 Å². The van der Waals surface area contributed by atoms with Gasteiger partial charge in [0, 0.05) is 56.1 Å². The van der Waals surface area contributed by atoms with E-state index in [0.29, 0.717) is 43.4 Å². The molecule has 8 nitrogen and oxygen atoms in total. The second kappa shape index (κ2) is 9.05. The van der Waals surface area contributed by atoms with Gasteiger partial charge in [-0.15, -0.1) is 0 Å². The quantitative estimate of drug-likeness (QED) is 0.632. The van der Waals surface area contributed by atoms with Crippen LogP contribution in [0.25, 0.3) is 11.3 Å². The summed E-state index contributed by atoms with van der Waals surface area (Å²) in [5, 5.41) is 2.77. The maximum Gasteiger partial charge on any atom is 0.323 e. The zero-order valence-electron chi connectivity index (χ0n) is 17.1. The Bertz CT molecular complexity index is 1050. The predicted molar refractivity (Wildman–Crippen MR) is 115 cm³/mol.